The van der Waals surface area contributed by atoms with Gasteiger partial charge in [-0.05, 0) is 36.5 Å². The molecule has 0 spiro atoms. The highest BCUT2D eigenvalue weighted by atomic mass is 16.5. The van der Waals surface area contributed by atoms with Crippen LogP contribution in [0.1, 0.15) is 51.5 Å². The zero-order valence-electron chi connectivity index (χ0n) is 15.0. The average molecular weight is 321 g/mol. The third-order valence-corrected chi connectivity index (χ3v) is 4.22. The number of aryl methyl sites for hydroxylation is 1. The number of hydrogen-bond acceptors (Lipinski definition) is 3. The summed E-state index contributed by atoms with van der Waals surface area (Å²) in [5.41, 5.74) is 1.08. The molecular formula is C19H31NO3. The molecular weight excluding hydrogens is 290 g/mol. The smallest absolute Gasteiger partial charge is 0.220 e. The molecule has 1 amide bonds. The monoisotopic (exact) mass is 321 g/mol. The van der Waals surface area contributed by atoms with Gasteiger partial charge in [-0.25, -0.2) is 0 Å². The van der Waals surface area contributed by atoms with Crippen LogP contribution in [0.15, 0.2) is 18.2 Å². The highest BCUT2D eigenvalue weighted by molar-refractivity contribution is 5.76. The molecule has 23 heavy (non-hydrogen) atoms. The van der Waals surface area contributed by atoms with Crippen molar-refractivity contribution in [3.63, 3.8) is 0 Å². The molecule has 1 aromatic rings. The Hall–Kier alpha value is -1.71. The van der Waals surface area contributed by atoms with Crippen molar-refractivity contribution in [1.29, 1.82) is 0 Å². The molecule has 1 aromatic carbocycles. The molecule has 0 bridgehead atoms. The van der Waals surface area contributed by atoms with Gasteiger partial charge in [0.05, 0.1) is 14.2 Å². The van der Waals surface area contributed by atoms with Crippen molar-refractivity contribution in [3.05, 3.63) is 23.8 Å². The first-order valence-electron chi connectivity index (χ1n) is 8.62. The molecule has 0 aromatic heterocycles. The van der Waals surface area contributed by atoms with E-state index >= 15 is 0 Å². The number of amides is 1. The van der Waals surface area contributed by atoms with Gasteiger partial charge in [0.25, 0.3) is 0 Å². The third-order valence-electron chi connectivity index (χ3n) is 4.22. The Balaban J connectivity index is 2.41. The van der Waals surface area contributed by atoms with Crippen LogP contribution in [0, 0.1) is 5.92 Å². The predicted octanol–water partition coefficient (Wildman–Crippen LogP) is 3.97. The van der Waals surface area contributed by atoms with E-state index in [9.17, 15) is 4.79 Å². The number of unbranched alkanes of at least 4 members (excludes halogenated alkanes) is 1. The molecule has 1 N–H and O–H groups in total. The molecule has 1 rings (SSSR count). The second-order valence-corrected chi connectivity index (χ2v) is 5.91. The lowest BCUT2D eigenvalue weighted by Gasteiger charge is -2.15. The van der Waals surface area contributed by atoms with E-state index < -0.39 is 0 Å². The van der Waals surface area contributed by atoms with Crippen molar-refractivity contribution >= 4 is 5.91 Å². The molecule has 0 aliphatic rings. The summed E-state index contributed by atoms with van der Waals surface area (Å²) in [5.74, 6) is 2.13. The summed E-state index contributed by atoms with van der Waals surface area (Å²) in [6.45, 7) is 5.19. The quantitative estimate of drug-likeness (QED) is 0.671. The van der Waals surface area contributed by atoms with Crippen LogP contribution in [0.25, 0.3) is 0 Å². The number of hydrogen-bond donors (Lipinski definition) is 1. The first-order valence-corrected chi connectivity index (χ1v) is 8.62. The van der Waals surface area contributed by atoms with Crippen LogP contribution < -0.4 is 14.8 Å². The van der Waals surface area contributed by atoms with Crippen LogP contribution in [-0.2, 0) is 11.2 Å². The van der Waals surface area contributed by atoms with Crippen LogP contribution in [0.2, 0.25) is 0 Å². The molecule has 130 valence electrons. The molecule has 1 atom stereocenters. The predicted molar refractivity (Wildman–Crippen MR) is 94.2 cm³/mol. The summed E-state index contributed by atoms with van der Waals surface area (Å²) in [6.07, 6.45) is 5.97. The van der Waals surface area contributed by atoms with Crippen LogP contribution in [-0.4, -0.2) is 26.7 Å². The number of methoxy groups -OCH3 is 2. The Morgan fingerprint density at radius 3 is 2.52 bits per heavy atom. The van der Waals surface area contributed by atoms with Crippen molar-refractivity contribution in [2.45, 2.75) is 52.4 Å². The number of benzene rings is 1. The number of rotatable bonds is 11. The maximum Gasteiger partial charge on any atom is 0.220 e. The van der Waals surface area contributed by atoms with Gasteiger partial charge in [0.2, 0.25) is 5.91 Å². The fourth-order valence-corrected chi connectivity index (χ4v) is 2.58. The molecule has 0 aliphatic carbocycles. The topological polar surface area (TPSA) is 47.6 Å². The van der Waals surface area contributed by atoms with Crippen LogP contribution in [0.5, 0.6) is 11.5 Å². The highest BCUT2D eigenvalue weighted by Gasteiger charge is 2.09. The zero-order chi connectivity index (χ0) is 17.1. The largest absolute Gasteiger partial charge is 0.493 e. The second-order valence-electron chi connectivity index (χ2n) is 5.91. The van der Waals surface area contributed by atoms with Crippen molar-refractivity contribution in [1.82, 2.24) is 5.32 Å². The lowest BCUT2D eigenvalue weighted by Crippen LogP contribution is -2.29. The van der Waals surface area contributed by atoms with Gasteiger partial charge in [0.1, 0.15) is 0 Å². The van der Waals surface area contributed by atoms with Crippen LogP contribution >= 0.6 is 0 Å². The van der Waals surface area contributed by atoms with E-state index in [1.54, 1.807) is 14.2 Å². The van der Waals surface area contributed by atoms with E-state index in [1.165, 1.54) is 19.3 Å². The average Bonchev–Trinajstić information content (AvgIpc) is 2.59. The second kappa shape index (κ2) is 10.9. The summed E-state index contributed by atoms with van der Waals surface area (Å²) >= 11 is 0. The number of carbonyl (C=O) groups excluding carboxylic acids is 1. The SMILES string of the molecule is CCCC[C@@H](CC)CNC(=O)CCc1ccc(OC)c(OC)c1. The number of ether oxygens (including phenoxy) is 2. The molecule has 0 radical (unpaired) electrons. The summed E-state index contributed by atoms with van der Waals surface area (Å²) in [7, 11) is 3.24. The minimum Gasteiger partial charge on any atom is -0.493 e. The van der Waals surface area contributed by atoms with E-state index in [0.717, 1.165) is 18.5 Å². The minimum absolute atomic E-state index is 0.120. The van der Waals surface area contributed by atoms with Gasteiger partial charge in [0.15, 0.2) is 11.5 Å². The van der Waals surface area contributed by atoms with Gasteiger partial charge in [0, 0.05) is 13.0 Å². The van der Waals surface area contributed by atoms with Crippen molar-refractivity contribution in [3.8, 4) is 11.5 Å². The molecule has 0 heterocycles. The summed E-state index contributed by atoms with van der Waals surface area (Å²) in [5, 5.41) is 3.07. The standard InChI is InChI=1S/C19H31NO3/c1-5-7-8-15(6-2)14-20-19(21)12-10-16-9-11-17(22-3)18(13-16)23-4/h9,11,13,15H,5-8,10,12,14H2,1-4H3,(H,20,21)/t15-/m1/s1. The normalized spacial score (nSPS) is 11.8. The van der Waals surface area contributed by atoms with Gasteiger partial charge >= 0.3 is 0 Å². The fraction of sp³-hybridized carbons (Fsp3) is 0.632. The summed E-state index contributed by atoms with van der Waals surface area (Å²) < 4.78 is 10.5. The maximum atomic E-state index is 12.0. The van der Waals surface area contributed by atoms with Crippen molar-refractivity contribution < 1.29 is 14.3 Å². The van der Waals surface area contributed by atoms with E-state index in [0.29, 0.717) is 30.3 Å². The Labute approximate surface area is 140 Å². The van der Waals surface area contributed by atoms with Gasteiger partial charge in [-0.3, -0.25) is 4.79 Å². The van der Waals surface area contributed by atoms with Crippen molar-refractivity contribution in [2.24, 2.45) is 5.92 Å². The molecule has 0 saturated heterocycles. The van der Waals surface area contributed by atoms with Gasteiger partial charge in [-0.2, -0.15) is 0 Å². The van der Waals surface area contributed by atoms with Crippen molar-refractivity contribution in [2.75, 3.05) is 20.8 Å². The van der Waals surface area contributed by atoms with E-state index in [4.69, 9.17) is 9.47 Å². The fourth-order valence-electron chi connectivity index (χ4n) is 2.58. The van der Waals surface area contributed by atoms with Gasteiger partial charge in [-0.15, -0.1) is 0 Å². The lowest BCUT2D eigenvalue weighted by molar-refractivity contribution is -0.121. The first kappa shape index (κ1) is 19.3. The molecule has 4 heteroatoms. The summed E-state index contributed by atoms with van der Waals surface area (Å²) in [4.78, 5) is 12.0. The third kappa shape index (κ3) is 6.93. The lowest BCUT2D eigenvalue weighted by atomic mass is 9.99. The molecule has 0 aliphatic heterocycles. The molecule has 0 fully saturated rings. The maximum absolute atomic E-state index is 12.0. The Kier molecular flexibility index (Phi) is 9.18. The number of nitrogens with one attached hydrogen (secondary N) is 1. The number of carbonyl (C=O) groups is 1. The molecule has 0 saturated carbocycles. The zero-order valence-corrected chi connectivity index (χ0v) is 15.0. The van der Waals surface area contributed by atoms with Gasteiger partial charge < -0.3 is 14.8 Å². The first-order chi connectivity index (χ1) is 11.1. The van der Waals surface area contributed by atoms with Crippen LogP contribution in [0.4, 0.5) is 0 Å². The highest BCUT2D eigenvalue weighted by Crippen LogP contribution is 2.27. The Bertz CT molecular complexity index is 474. The van der Waals surface area contributed by atoms with E-state index in [2.05, 4.69) is 19.2 Å². The van der Waals surface area contributed by atoms with Crippen LogP contribution in [0.3, 0.4) is 0 Å². The Morgan fingerprint density at radius 1 is 1.17 bits per heavy atom. The minimum atomic E-state index is 0.120. The molecule has 0 unspecified atom stereocenters. The Morgan fingerprint density at radius 2 is 1.91 bits per heavy atom. The van der Waals surface area contributed by atoms with E-state index in [-0.39, 0.29) is 5.91 Å². The summed E-state index contributed by atoms with van der Waals surface area (Å²) in [6, 6.07) is 5.79. The van der Waals surface area contributed by atoms with E-state index in [1.807, 2.05) is 18.2 Å². The molecule has 4 nitrogen and oxygen atoms in total. The van der Waals surface area contributed by atoms with Gasteiger partial charge in [-0.1, -0.05) is 39.2 Å².